The third-order valence-corrected chi connectivity index (χ3v) is 3.27. The van der Waals surface area contributed by atoms with Gasteiger partial charge in [-0.1, -0.05) is 22.9 Å². The topological polar surface area (TPSA) is 44.4 Å². The standard InChI is InChI=1S/C14H22BrN3O/c1-4-16-9-11-8-12(15)6-7-13(11)18(3)10-14(19)17-5-2/h6-8,16H,4-5,9-10H2,1-3H3,(H,17,19). The van der Waals surface area contributed by atoms with Crippen LogP contribution in [0, 0.1) is 0 Å². The summed E-state index contributed by atoms with van der Waals surface area (Å²) in [6.07, 6.45) is 0. The SMILES string of the molecule is CCNCc1cc(Br)ccc1N(C)CC(=O)NCC. The summed E-state index contributed by atoms with van der Waals surface area (Å²) in [5.74, 6) is 0.0438. The van der Waals surface area contributed by atoms with Crippen molar-refractivity contribution in [1.29, 1.82) is 0 Å². The van der Waals surface area contributed by atoms with Gasteiger partial charge in [0.25, 0.3) is 0 Å². The Hall–Kier alpha value is -1.07. The number of likely N-dealkylation sites (N-methyl/N-ethyl adjacent to an activating group) is 2. The quantitative estimate of drug-likeness (QED) is 0.806. The van der Waals surface area contributed by atoms with Gasteiger partial charge in [-0.2, -0.15) is 0 Å². The first-order valence-electron chi connectivity index (χ1n) is 6.55. The highest BCUT2D eigenvalue weighted by Gasteiger charge is 2.11. The molecular weight excluding hydrogens is 306 g/mol. The average molecular weight is 328 g/mol. The van der Waals surface area contributed by atoms with Crippen LogP contribution in [0.3, 0.4) is 0 Å². The Morgan fingerprint density at radius 1 is 1.32 bits per heavy atom. The van der Waals surface area contributed by atoms with E-state index in [0.717, 1.165) is 23.2 Å². The van der Waals surface area contributed by atoms with Gasteiger partial charge in [-0.15, -0.1) is 0 Å². The number of rotatable bonds is 7. The average Bonchev–Trinajstić information content (AvgIpc) is 2.36. The molecule has 106 valence electrons. The minimum atomic E-state index is 0.0438. The summed E-state index contributed by atoms with van der Waals surface area (Å²) in [6.45, 7) is 6.76. The van der Waals surface area contributed by atoms with E-state index in [4.69, 9.17) is 0 Å². The molecule has 1 amide bonds. The second kappa shape index (κ2) is 8.17. The molecule has 0 aliphatic carbocycles. The largest absolute Gasteiger partial charge is 0.365 e. The molecule has 1 aromatic carbocycles. The van der Waals surface area contributed by atoms with Crippen molar-refractivity contribution in [3.05, 3.63) is 28.2 Å². The molecule has 5 heteroatoms. The van der Waals surface area contributed by atoms with Crippen LogP contribution in [0.2, 0.25) is 0 Å². The zero-order valence-corrected chi connectivity index (χ0v) is 13.4. The van der Waals surface area contributed by atoms with Gasteiger partial charge in [-0.25, -0.2) is 0 Å². The summed E-state index contributed by atoms with van der Waals surface area (Å²) >= 11 is 3.49. The molecule has 0 aromatic heterocycles. The molecule has 0 atom stereocenters. The van der Waals surface area contributed by atoms with Gasteiger partial charge in [0.15, 0.2) is 0 Å². The lowest BCUT2D eigenvalue weighted by Crippen LogP contribution is -2.35. The maximum Gasteiger partial charge on any atom is 0.239 e. The Morgan fingerprint density at radius 3 is 2.68 bits per heavy atom. The van der Waals surface area contributed by atoms with Crippen LogP contribution in [0.4, 0.5) is 5.69 Å². The first kappa shape index (κ1) is 16.0. The fourth-order valence-electron chi connectivity index (χ4n) is 1.88. The van der Waals surface area contributed by atoms with Crippen LogP contribution in [0.1, 0.15) is 19.4 Å². The van der Waals surface area contributed by atoms with Crippen LogP contribution >= 0.6 is 15.9 Å². The van der Waals surface area contributed by atoms with Crippen molar-refractivity contribution < 1.29 is 4.79 Å². The van der Waals surface area contributed by atoms with Crippen molar-refractivity contribution in [1.82, 2.24) is 10.6 Å². The lowest BCUT2D eigenvalue weighted by atomic mass is 10.1. The monoisotopic (exact) mass is 327 g/mol. The molecule has 1 aromatic rings. The highest BCUT2D eigenvalue weighted by molar-refractivity contribution is 9.10. The van der Waals surface area contributed by atoms with Crippen LogP contribution in [0.25, 0.3) is 0 Å². The van der Waals surface area contributed by atoms with Crippen molar-refractivity contribution in [2.45, 2.75) is 20.4 Å². The highest BCUT2D eigenvalue weighted by atomic mass is 79.9. The van der Waals surface area contributed by atoms with Crippen LogP contribution < -0.4 is 15.5 Å². The summed E-state index contributed by atoms with van der Waals surface area (Å²) in [7, 11) is 1.94. The van der Waals surface area contributed by atoms with E-state index in [1.165, 1.54) is 5.56 Å². The molecule has 2 N–H and O–H groups in total. The van der Waals surface area contributed by atoms with E-state index in [-0.39, 0.29) is 5.91 Å². The smallest absolute Gasteiger partial charge is 0.239 e. The molecular formula is C14H22BrN3O. The number of hydrogen-bond acceptors (Lipinski definition) is 3. The van der Waals surface area contributed by atoms with Crippen molar-refractivity contribution in [2.75, 3.05) is 31.6 Å². The van der Waals surface area contributed by atoms with Crippen LogP contribution in [0.5, 0.6) is 0 Å². The Labute approximate surface area is 123 Å². The lowest BCUT2D eigenvalue weighted by molar-refractivity contribution is -0.119. The number of benzene rings is 1. The molecule has 0 saturated carbocycles. The van der Waals surface area contributed by atoms with E-state index in [1.54, 1.807) is 0 Å². The van der Waals surface area contributed by atoms with E-state index in [1.807, 2.05) is 31.0 Å². The van der Waals surface area contributed by atoms with Crippen molar-refractivity contribution >= 4 is 27.5 Å². The molecule has 0 fully saturated rings. The summed E-state index contributed by atoms with van der Waals surface area (Å²) < 4.78 is 1.05. The third kappa shape index (κ3) is 5.20. The number of carbonyl (C=O) groups is 1. The first-order chi connectivity index (χ1) is 9.08. The summed E-state index contributed by atoms with van der Waals surface area (Å²) in [5, 5.41) is 6.13. The number of amides is 1. The number of carbonyl (C=O) groups excluding carboxylic acids is 1. The minimum absolute atomic E-state index is 0.0438. The molecule has 1 rings (SSSR count). The number of nitrogens with one attached hydrogen (secondary N) is 2. The van der Waals surface area contributed by atoms with E-state index >= 15 is 0 Å². The predicted octanol–water partition coefficient (Wildman–Crippen LogP) is 2.13. The van der Waals surface area contributed by atoms with Crippen molar-refractivity contribution in [3.63, 3.8) is 0 Å². The molecule has 0 radical (unpaired) electrons. The van der Waals surface area contributed by atoms with Crippen molar-refractivity contribution in [3.8, 4) is 0 Å². The zero-order chi connectivity index (χ0) is 14.3. The van der Waals surface area contributed by atoms with Crippen LogP contribution in [-0.2, 0) is 11.3 Å². The van der Waals surface area contributed by atoms with E-state index in [0.29, 0.717) is 13.1 Å². The third-order valence-electron chi connectivity index (χ3n) is 2.77. The van der Waals surface area contributed by atoms with Gasteiger partial charge in [-0.05, 0) is 37.2 Å². The van der Waals surface area contributed by atoms with Gasteiger partial charge in [0.2, 0.25) is 5.91 Å². The number of halogens is 1. The molecule has 0 unspecified atom stereocenters. The van der Waals surface area contributed by atoms with Crippen LogP contribution in [0.15, 0.2) is 22.7 Å². The molecule has 19 heavy (non-hydrogen) atoms. The second-order valence-corrected chi connectivity index (χ2v) is 5.28. The zero-order valence-electron chi connectivity index (χ0n) is 11.8. The van der Waals surface area contributed by atoms with Gasteiger partial charge in [0.1, 0.15) is 0 Å². The van der Waals surface area contributed by atoms with Gasteiger partial charge in [0.05, 0.1) is 6.54 Å². The minimum Gasteiger partial charge on any atom is -0.365 e. The molecule has 0 saturated heterocycles. The number of hydrogen-bond donors (Lipinski definition) is 2. The van der Waals surface area contributed by atoms with Crippen LogP contribution in [-0.4, -0.2) is 32.6 Å². The Morgan fingerprint density at radius 2 is 2.05 bits per heavy atom. The molecule has 0 aliphatic heterocycles. The number of nitrogens with zero attached hydrogens (tertiary/aromatic N) is 1. The predicted molar refractivity (Wildman–Crippen MR) is 83.5 cm³/mol. The van der Waals surface area contributed by atoms with Gasteiger partial charge >= 0.3 is 0 Å². The Balaban J connectivity index is 2.82. The second-order valence-electron chi connectivity index (χ2n) is 4.36. The molecule has 4 nitrogen and oxygen atoms in total. The van der Waals surface area contributed by atoms with Gasteiger partial charge < -0.3 is 15.5 Å². The molecule has 0 spiro atoms. The normalized spacial score (nSPS) is 10.3. The van der Waals surface area contributed by atoms with E-state index in [9.17, 15) is 4.79 Å². The number of anilines is 1. The summed E-state index contributed by atoms with van der Waals surface area (Å²) in [5.41, 5.74) is 2.26. The fraction of sp³-hybridized carbons (Fsp3) is 0.500. The maximum atomic E-state index is 11.6. The van der Waals surface area contributed by atoms with Crippen molar-refractivity contribution in [2.24, 2.45) is 0 Å². The van der Waals surface area contributed by atoms with E-state index in [2.05, 4.69) is 39.6 Å². The molecule has 0 bridgehead atoms. The Bertz CT molecular complexity index is 423. The highest BCUT2D eigenvalue weighted by Crippen LogP contribution is 2.23. The molecule has 0 aliphatic rings. The Kier molecular flexibility index (Phi) is 6.87. The summed E-state index contributed by atoms with van der Waals surface area (Å²) in [6, 6.07) is 6.13. The first-order valence-corrected chi connectivity index (χ1v) is 7.34. The van der Waals surface area contributed by atoms with E-state index < -0.39 is 0 Å². The van der Waals surface area contributed by atoms with Gasteiger partial charge in [0, 0.05) is 30.3 Å². The molecule has 0 heterocycles. The maximum absolute atomic E-state index is 11.6. The lowest BCUT2D eigenvalue weighted by Gasteiger charge is -2.22. The van der Waals surface area contributed by atoms with Gasteiger partial charge in [-0.3, -0.25) is 4.79 Å². The fourth-order valence-corrected chi connectivity index (χ4v) is 2.29. The summed E-state index contributed by atoms with van der Waals surface area (Å²) in [4.78, 5) is 13.6.